The molecule has 1 fully saturated rings. The van der Waals surface area contributed by atoms with Crippen molar-refractivity contribution in [1.82, 2.24) is 4.90 Å². The van der Waals surface area contributed by atoms with Crippen LogP contribution in [0.25, 0.3) is 0 Å². The molecule has 1 aliphatic rings. The number of hydrogen-bond acceptors (Lipinski definition) is 3. The van der Waals surface area contributed by atoms with Crippen molar-refractivity contribution in [2.45, 2.75) is 20.0 Å². The average Bonchev–Trinajstić information content (AvgIpc) is 3.27. The lowest BCUT2D eigenvalue weighted by molar-refractivity contribution is 0.0783. The molecule has 0 spiro atoms. The van der Waals surface area contributed by atoms with Gasteiger partial charge < -0.3 is 14.4 Å². The van der Waals surface area contributed by atoms with Gasteiger partial charge in [-0.25, -0.2) is 0 Å². The molecule has 4 heteroatoms. The molecule has 1 saturated heterocycles. The Kier molecular flexibility index (Phi) is 5.39. The molecule has 1 aliphatic heterocycles. The molecular formula is C18H23NO3. The lowest BCUT2D eigenvalue weighted by atomic mass is 10.1. The van der Waals surface area contributed by atoms with Crippen LogP contribution in [0.5, 0.6) is 5.75 Å². The minimum absolute atomic E-state index is 0.0249. The number of hydrogen-bond donors (Lipinski definition) is 0. The first kappa shape index (κ1) is 16.3. The smallest absolute Gasteiger partial charge is 0.254 e. The summed E-state index contributed by atoms with van der Waals surface area (Å²) in [7, 11) is 0. The third kappa shape index (κ3) is 5.04. The summed E-state index contributed by atoms with van der Waals surface area (Å²) in [5.41, 5.74) is 2.52. The Morgan fingerprint density at radius 1 is 1.23 bits per heavy atom. The van der Waals surface area contributed by atoms with Crippen molar-refractivity contribution in [3.63, 3.8) is 0 Å². The van der Waals surface area contributed by atoms with Gasteiger partial charge in [0.05, 0.1) is 6.61 Å². The third-order valence-electron chi connectivity index (χ3n) is 3.15. The van der Waals surface area contributed by atoms with Crippen LogP contribution < -0.4 is 4.74 Å². The Balaban J connectivity index is 2.01. The molecule has 0 saturated carbocycles. The zero-order chi connectivity index (χ0) is 16.1. The Hall–Kier alpha value is -2.07. The number of ether oxygens (including phenoxy) is 2. The van der Waals surface area contributed by atoms with E-state index >= 15 is 0 Å². The van der Waals surface area contributed by atoms with E-state index in [4.69, 9.17) is 9.47 Å². The average molecular weight is 301 g/mol. The molecule has 0 aliphatic carbocycles. The van der Waals surface area contributed by atoms with Crippen LogP contribution in [-0.4, -0.2) is 43.2 Å². The number of nitrogens with zero attached hydrogens (tertiary/aromatic N) is 1. The van der Waals surface area contributed by atoms with Crippen molar-refractivity contribution >= 4 is 5.91 Å². The second-order valence-corrected chi connectivity index (χ2v) is 5.87. The molecular weight excluding hydrogens is 278 g/mol. The van der Waals surface area contributed by atoms with Crippen LogP contribution in [-0.2, 0) is 4.74 Å². The molecule has 0 aromatic heterocycles. The van der Waals surface area contributed by atoms with E-state index in [1.54, 1.807) is 17.0 Å². The molecule has 1 aromatic rings. The van der Waals surface area contributed by atoms with Crippen LogP contribution in [0, 0.1) is 0 Å². The Bertz CT molecular complexity index is 542. The van der Waals surface area contributed by atoms with Crippen LogP contribution >= 0.6 is 0 Å². The molecule has 118 valence electrons. The minimum atomic E-state index is -0.0249. The quantitative estimate of drug-likeness (QED) is 0.547. The monoisotopic (exact) mass is 301 g/mol. The van der Waals surface area contributed by atoms with Gasteiger partial charge in [0.15, 0.2) is 0 Å². The number of carbonyl (C=O) groups is 1. The third-order valence-corrected chi connectivity index (χ3v) is 3.15. The van der Waals surface area contributed by atoms with E-state index in [1.807, 2.05) is 26.0 Å². The van der Waals surface area contributed by atoms with E-state index in [0.29, 0.717) is 25.3 Å². The SMILES string of the molecule is C=C(C)CN(CC(=C)C)C(=O)c1ccc(OCC2CO2)cc1. The summed E-state index contributed by atoms with van der Waals surface area (Å²) in [4.78, 5) is 14.3. The van der Waals surface area contributed by atoms with Crippen LogP contribution in [0.3, 0.4) is 0 Å². The summed E-state index contributed by atoms with van der Waals surface area (Å²) in [6.07, 6.45) is 0.225. The van der Waals surface area contributed by atoms with Crippen molar-refractivity contribution in [1.29, 1.82) is 0 Å². The summed E-state index contributed by atoms with van der Waals surface area (Å²) in [5, 5.41) is 0. The first-order valence-corrected chi connectivity index (χ1v) is 7.38. The van der Waals surface area contributed by atoms with Crippen LogP contribution in [0.4, 0.5) is 0 Å². The standard InChI is InChI=1S/C18H23NO3/c1-13(2)9-19(10-14(3)4)18(20)15-5-7-16(8-6-15)21-11-17-12-22-17/h5-8,17H,1,3,9-12H2,2,4H3. The van der Waals surface area contributed by atoms with Gasteiger partial charge in [0.25, 0.3) is 5.91 Å². The largest absolute Gasteiger partial charge is 0.491 e. The topological polar surface area (TPSA) is 42.1 Å². The second kappa shape index (κ2) is 7.27. The Morgan fingerprint density at radius 2 is 1.77 bits per heavy atom. The molecule has 2 rings (SSSR count). The number of epoxide rings is 1. The molecule has 22 heavy (non-hydrogen) atoms. The fourth-order valence-corrected chi connectivity index (χ4v) is 2.08. The summed E-state index contributed by atoms with van der Waals surface area (Å²) < 4.78 is 10.7. The first-order valence-electron chi connectivity index (χ1n) is 7.38. The van der Waals surface area contributed by atoms with E-state index in [2.05, 4.69) is 13.2 Å². The van der Waals surface area contributed by atoms with Gasteiger partial charge in [-0.15, -0.1) is 0 Å². The zero-order valence-corrected chi connectivity index (χ0v) is 13.3. The van der Waals surface area contributed by atoms with Crippen molar-refractivity contribution in [2.24, 2.45) is 0 Å². The van der Waals surface area contributed by atoms with Gasteiger partial charge in [-0.2, -0.15) is 0 Å². The zero-order valence-electron chi connectivity index (χ0n) is 13.3. The molecule has 0 radical (unpaired) electrons. The molecule has 1 atom stereocenters. The Morgan fingerprint density at radius 3 is 2.23 bits per heavy atom. The summed E-state index contributed by atoms with van der Waals surface area (Å²) in [5.74, 6) is 0.724. The molecule has 1 heterocycles. The molecule has 0 N–H and O–H groups in total. The fraction of sp³-hybridized carbons (Fsp3) is 0.389. The van der Waals surface area contributed by atoms with Crippen molar-refractivity contribution in [3.8, 4) is 5.75 Å². The molecule has 0 bridgehead atoms. The fourth-order valence-electron chi connectivity index (χ4n) is 2.08. The first-order chi connectivity index (χ1) is 10.5. The van der Waals surface area contributed by atoms with Gasteiger partial charge in [0, 0.05) is 18.7 Å². The normalized spacial score (nSPS) is 16.0. The lowest BCUT2D eigenvalue weighted by Gasteiger charge is -2.23. The molecule has 1 aromatic carbocycles. The number of rotatable bonds is 8. The van der Waals surface area contributed by atoms with Crippen LogP contribution in [0.15, 0.2) is 48.6 Å². The highest BCUT2D eigenvalue weighted by Gasteiger charge is 2.23. The van der Waals surface area contributed by atoms with Gasteiger partial charge in [-0.3, -0.25) is 4.79 Å². The van der Waals surface area contributed by atoms with Gasteiger partial charge in [0.2, 0.25) is 0 Å². The van der Waals surface area contributed by atoms with E-state index in [9.17, 15) is 4.79 Å². The van der Waals surface area contributed by atoms with E-state index < -0.39 is 0 Å². The maximum Gasteiger partial charge on any atom is 0.254 e. The molecule has 1 amide bonds. The minimum Gasteiger partial charge on any atom is -0.491 e. The predicted molar refractivity (Wildman–Crippen MR) is 87.2 cm³/mol. The van der Waals surface area contributed by atoms with E-state index in [0.717, 1.165) is 23.5 Å². The van der Waals surface area contributed by atoms with Crippen molar-refractivity contribution in [3.05, 3.63) is 54.1 Å². The number of benzene rings is 1. The van der Waals surface area contributed by atoms with Gasteiger partial charge in [-0.05, 0) is 38.1 Å². The second-order valence-electron chi connectivity index (χ2n) is 5.87. The number of amides is 1. The van der Waals surface area contributed by atoms with Crippen LogP contribution in [0.1, 0.15) is 24.2 Å². The molecule has 1 unspecified atom stereocenters. The van der Waals surface area contributed by atoms with Gasteiger partial charge in [0.1, 0.15) is 18.5 Å². The maximum absolute atomic E-state index is 12.6. The van der Waals surface area contributed by atoms with Gasteiger partial charge in [-0.1, -0.05) is 24.3 Å². The summed E-state index contributed by atoms with van der Waals surface area (Å²) in [6, 6.07) is 7.20. The Labute approximate surface area is 132 Å². The van der Waals surface area contributed by atoms with Gasteiger partial charge >= 0.3 is 0 Å². The maximum atomic E-state index is 12.6. The predicted octanol–water partition coefficient (Wildman–Crippen LogP) is 3.06. The lowest BCUT2D eigenvalue weighted by Crippen LogP contribution is -2.33. The highest BCUT2D eigenvalue weighted by Crippen LogP contribution is 2.17. The van der Waals surface area contributed by atoms with Crippen molar-refractivity contribution in [2.75, 3.05) is 26.3 Å². The summed E-state index contributed by atoms with van der Waals surface area (Å²) in [6.45, 7) is 14.0. The van der Waals surface area contributed by atoms with Crippen LogP contribution in [0.2, 0.25) is 0 Å². The number of carbonyl (C=O) groups excluding carboxylic acids is 1. The van der Waals surface area contributed by atoms with E-state index in [1.165, 1.54) is 0 Å². The summed E-state index contributed by atoms with van der Waals surface area (Å²) >= 11 is 0. The molecule has 4 nitrogen and oxygen atoms in total. The van der Waals surface area contributed by atoms with E-state index in [-0.39, 0.29) is 12.0 Å². The highest BCUT2D eigenvalue weighted by atomic mass is 16.6. The highest BCUT2D eigenvalue weighted by molar-refractivity contribution is 5.94. The van der Waals surface area contributed by atoms with Crippen molar-refractivity contribution < 1.29 is 14.3 Å².